The molecule has 0 spiro atoms. The number of fused-ring (bicyclic) bond motifs is 2. The molecule has 1 aromatic heterocycles. The van der Waals surface area contributed by atoms with Gasteiger partial charge in [0.25, 0.3) is 0 Å². The summed E-state index contributed by atoms with van der Waals surface area (Å²) in [7, 11) is 2.11. The van der Waals surface area contributed by atoms with Gasteiger partial charge in [0.05, 0.1) is 11.2 Å². The van der Waals surface area contributed by atoms with Gasteiger partial charge >= 0.3 is 5.97 Å². The normalized spacial score (nSPS) is 25.3. The first-order valence-corrected chi connectivity index (χ1v) is 9.51. The van der Waals surface area contributed by atoms with Crippen LogP contribution >= 0.6 is 0 Å². The highest BCUT2D eigenvalue weighted by molar-refractivity contribution is 5.93. The van der Waals surface area contributed by atoms with E-state index in [1.165, 1.54) is 12.3 Å². The molecule has 0 amide bonds. The summed E-state index contributed by atoms with van der Waals surface area (Å²) in [5.74, 6) is -1.17. The molecule has 2 unspecified atom stereocenters. The van der Waals surface area contributed by atoms with Crippen molar-refractivity contribution in [3.05, 3.63) is 39.9 Å². The molecule has 5 rings (SSSR count). The minimum absolute atomic E-state index is 0.152. The largest absolute Gasteiger partial charge is 0.477 e. The number of carboxylic acids is 1. The summed E-state index contributed by atoms with van der Waals surface area (Å²) in [4.78, 5) is 28.4. The molecule has 3 heterocycles. The van der Waals surface area contributed by atoms with E-state index in [-0.39, 0.29) is 17.0 Å². The Bertz CT molecular complexity index is 1010. The molecule has 142 valence electrons. The van der Waals surface area contributed by atoms with Crippen LogP contribution in [0, 0.1) is 11.7 Å². The number of anilines is 1. The van der Waals surface area contributed by atoms with E-state index in [2.05, 4.69) is 16.8 Å². The van der Waals surface area contributed by atoms with E-state index in [9.17, 15) is 19.1 Å². The second kappa shape index (κ2) is 5.79. The molecule has 2 aromatic rings. The van der Waals surface area contributed by atoms with E-state index in [0.717, 1.165) is 38.9 Å². The Kier molecular flexibility index (Phi) is 3.59. The van der Waals surface area contributed by atoms with E-state index < -0.39 is 17.2 Å². The molecule has 2 saturated heterocycles. The number of nitrogens with zero attached hydrogens (tertiary/aromatic N) is 3. The van der Waals surface area contributed by atoms with E-state index in [4.69, 9.17) is 0 Å². The fourth-order valence-electron chi connectivity index (χ4n) is 4.78. The van der Waals surface area contributed by atoms with Crippen molar-refractivity contribution < 1.29 is 14.3 Å². The van der Waals surface area contributed by atoms with Gasteiger partial charge in [-0.25, -0.2) is 9.18 Å². The van der Waals surface area contributed by atoms with Crippen LogP contribution in [0.25, 0.3) is 10.9 Å². The molecule has 1 aliphatic carbocycles. The van der Waals surface area contributed by atoms with Gasteiger partial charge in [-0.05, 0) is 50.9 Å². The zero-order chi connectivity index (χ0) is 18.9. The first-order valence-electron chi connectivity index (χ1n) is 9.51. The number of likely N-dealkylation sites (N-methyl/N-ethyl adjacent to an activating group) is 1. The molecule has 0 bridgehead atoms. The quantitative estimate of drug-likeness (QED) is 0.897. The Balaban J connectivity index is 1.64. The third-order valence-corrected chi connectivity index (χ3v) is 6.44. The van der Waals surface area contributed by atoms with Gasteiger partial charge in [-0.3, -0.25) is 4.79 Å². The van der Waals surface area contributed by atoms with Crippen LogP contribution in [0.3, 0.4) is 0 Å². The van der Waals surface area contributed by atoms with Gasteiger partial charge in [0, 0.05) is 36.8 Å². The predicted molar refractivity (Wildman–Crippen MR) is 100 cm³/mol. The highest BCUT2D eigenvalue weighted by Crippen LogP contribution is 2.39. The maximum absolute atomic E-state index is 15.0. The Hall–Kier alpha value is -2.41. The fraction of sp³-hybridized carbons (Fsp3) is 0.500. The molecule has 1 aromatic carbocycles. The molecule has 1 saturated carbocycles. The molecule has 3 fully saturated rings. The third-order valence-electron chi connectivity index (χ3n) is 6.44. The number of halogens is 1. The standard InChI is InChI=1S/C20H22FN3O3/c1-22-5-4-11-8-23(10-18(11)22)17-7-16-13(6-15(17)21)19(25)14(20(26)27)9-24(16)12-2-3-12/h6-7,9,11-12,18H,2-5,8,10H2,1H3,(H,26,27). The molecule has 27 heavy (non-hydrogen) atoms. The number of pyridine rings is 1. The lowest BCUT2D eigenvalue weighted by Gasteiger charge is -2.24. The summed E-state index contributed by atoms with van der Waals surface area (Å²) in [5, 5.41) is 9.50. The number of aromatic nitrogens is 1. The van der Waals surface area contributed by atoms with Crippen LogP contribution in [0.2, 0.25) is 0 Å². The second-order valence-electron chi connectivity index (χ2n) is 8.14. The van der Waals surface area contributed by atoms with E-state index in [0.29, 0.717) is 23.2 Å². The Morgan fingerprint density at radius 2 is 2.00 bits per heavy atom. The van der Waals surface area contributed by atoms with Crippen molar-refractivity contribution in [2.24, 2.45) is 5.92 Å². The van der Waals surface area contributed by atoms with E-state index in [1.54, 1.807) is 6.07 Å². The third kappa shape index (κ3) is 2.56. The zero-order valence-electron chi connectivity index (χ0n) is 15.2. The summed E-state index contributed by atoms with van der Waals surface area (Å²) in [5.41, 5.74) is 0.244. The van der Waals surface area contributed by atoms with Crippen molar-refractivity contribution in [2.75, 3.05) is 31.6 Å². The number of benzene rings is 1. The molecule has 2 atom stereocenters. The van der Waals surface area contributed by atoms with Gasteiger partial charge in [0.2, 0.25) is 5.43 Å². The second-order valence-corrected chi connectivity index (χ2v) is 8.14. The SMILES string of the molecule is CN1CCC2CN(c3cc4c(cc3F)c(=O)c(C(=O)O)cn4C3CC3)CC21. The number of carbonyl (C=O) groups is 1. The Morgan fingerprint density at radius 3 is 2.67 bits per heavy atom. The Labute approximate surface area is 155 Å². The summed E-state index contributed by atoms with van der Waals surface area (Å²) >= 11 is 0. The number of aromatic carboxylic acids is 1. The molecular weight excluding hydrogens is 349 g/mol. The first-order chi connectivity index (χ1) is 12.9. The minimum Gasteiger partial charge on any atom is -0.477 e. The van der Waals surface area contributed by atoms with Crippen molar-refractivity contribution in [1.82, 2.24) is 9.47 Å². The molecule has 0 radical (unpaired) electrons. The van der Waals surface area contributed by atoms with Crippen LogP contribution in [0.5, 0.6) is 0 Å². The van der Waals surface area contributed by atoms with Crippen molar-refractivity contribution in [2.45, 2.75) is 31.3 Å². The lowest BCUT2D eigenvalue weighted by Crippen LogP contribution is -2.32. The summed E-state index contributed by atoms with van der Waals surface area (Å²) in [6.07, 6.45) is 4.45. The summed E-state index contributed by atoms with van der Waals surface area (Å²) in [6.45, 7) is 2.69. The molecule has 2 aliphatic heterocycles. The average molecular weight is 371 g/mol. The predicted octanol–water partition coefficient (Wildman–Crippen LogP) is 2.31. The van der Waals surface area contributed by atoms with Gasteiger partial charge in [-0.1, -0.05) is 0 Å². The van der Waals surface area contributed by atoms with Crippen LogP contribution < -0.4 is 10.3 Å². The van der Waals surface area contributed by atoms with Crippen molar-refractivity contribution >= 4 is 22.6 Å². The van der Waals surface area contributed by atoms with Gasteiger partial charge in [0.1, 0.15) is 11.4 Å². The Morgan fingerprint density at radius 1 is 1.22 bits per heavy atom. The van der Waals surface area contributed by atoms with Gasteiger partial charge in [0.15, 0.2) is 0 Å². The number of likely N-dealkylation sites (tertiary alicyclic amines) is 1. The lowest BCUT2D eigenvalue weighted by atomic mass is 10.1. The molecule has 7 heteroatoms. The van der Waals surface area contributed by atoms with Gasteiger partial charge < -0.3 is 19.5 Å². The molecule has 6 nitrogen and oxygen atoms in total. The topological polar surface area (TPSA) is 65.8 Å². The summed E-state index contributed by atoms with van der Waals surface area (Å²) < 4.78 is 16.8. The average Bonchev–Trinajstić information content (AvgIpc) is 3.29. The van der Waals surface area contributed by atoms with Crippen LogP contribution in [0.1, 0.15) is 35.7 Å². The molecule has 1 N–H and O–H groups in total. The number of hydrogen-bond donors (Lipinski definition) is 1. The zero-order valence-corrected chi connectivity index (χ0v) is 15.2. The minimum atomic E-state index is -1.27. The number of carboxylic acid groups (broad SMARTS) is 1. The smallest absolute Gasteiger partial charge is 0.341 e. The van der Waals surface area contributed by atoms with E-state index in [1.807, 2.05) is 4.57 Å². The lowest BCUT2D eigenvalue weighted by molar-refractivity contribution is 0.0695. The monoisotopic (exact) mass is 371 g/mol. The summed E-state index contributed by atoms with van der Waals surface area (Å²) in [6, 6.07) is 3.61. The van der Waals surface area contributed by atoms with Crippen LogP contribution in [0.4, 0.5) is 10.1 Å². The molecular formula is C20H22FN3O3. The maximum Gasteiger partial charge on any atom is 0.341 e. The first kappa shape index (κ1) is 16.7. The van der Waals surface area contributed by atoms with Crippen molar-refractivity contribution in [3.63, 3.8) is 0 Å². The van der Waals surface area contributed by atoms with Gasteiger partial charge in [-0.15, -0.1) is 0 Å². The fourth-order valence-corrected chi connectivity index (χ4v) is 4.78. The van der Waals surface area contributed by atoms with Crippen molar-refractivity contribution in [3.8, 4) is 0 Å². The van der Waals surface area contributed by atoms with Gasteiger partial charge in [-0.2, -0.15) is 0 Å². The van der Waals surface area contributed by atoms with E-state index >= 15 is 0 Å². The van der Waals surface area contributed by atoms with Crippen LogP contribution in [-0.4, -0.2) is 53.3 Å². The highest BCUT2D eigenvalue weighted by atomic mass is 19.1. The molecule has 3 aliphatic rings. The van der Waals surface area contributed by atoms with Crippen LogP contribution in [0.15, 0.2) is 23.1 Å². The number of hydrogen-bond acceptors (Lipinski definition) is 4. The highest BCUT2D eigenvalue weighted by Gasteiger charge is 2.40. The van der Waals surface area contributed by atoms with Crippen molar-refractivity contribution in [1.29, 1.82) is 0 Å². The number of rotatable bonds is 3. The maximum atomic E-state index is 15.0. The van der Waals surface area contributed by atoms with Crippen LogP contribution in [-0.2, 0) is 0 Å².